The molecule has 2 aromatic carbocycles. The predicted molar refractivity (Wildman–Crippen MR) is 104 cm³/mol. The lowest BCUT2D eigenvalue weighted by molar-refractivity contribution is -0.148. The zero-order valence-corrected chi connectivity index (χ0v) is 16.7. The molecule has 0 aromatic heterocycles. The second-order valence-electron chi connectivity index (χ2n) is 7.09. The summed E-state index contributed by atoms with van der Waals surface area (Å²) in [4.78, 5) is 51.5. The first-order valence-electron chi connectivity index (χ1n) is 9.26. The minimum Gasteiger partial charge on any atom is -0.496 e. The van der Waals surface area contributed by atoms with E-state index in [9.17, 15) is 23.6 Å². The zero-order chi connectivity index (χ0) is 22.0. The van der Waals surface area contributed by atoms with Gasteiger partial charge in [0.25, 0.3) is 11.8 Å². The fourth-order valence-electron chi connectivity index (χ4n) is 3.33. The largest absolute Gasteiger partial charge is 0.496 e. The highest BCUT2D eigenvalue weighted by Gasteiger charge is 2.44. The molecule has 0 saturated heterocycles. The third kappa shape index (κ3) is 3.80. The Bertz CT molecular complexity index is 997. The van der Waals surface area contributed by atoms with Crippen molar-refractivity contribution in [2.75, 3.05) is 13.7 Å². The molecule has 0 unspecified atom stereocenters. The van der Waals surface area contributed by atoms with Gasteiger partial charge in [-0.1, -0.05) is 26.0 Å². The summed E-state index contributed by atoms with van der Waals surface area (Å²) in [6.45, 7) is 2.63. The number of Topliss-reactive ketones (excluding diaryl/α,β-unsaturated/α-hetero) is 1. The number of methoxy groups -OCH3 is 1. The average molecular weight is 413 g/mol. The second kappa shape index (κ2) is 8.44. The van der Waals surface area contributed by atoms with Crippen LogP contribution >= 0.6 is 0 Å². The Morgan fingerprint density at radius 3 is 2.17 bits per heavy atom. The van der Waals surface area contributed by atoms with Crippen LogP contribution in [0.1, 0.15) is 44.9 Å². The Kier molecular flexibility index (Phi) is 5.96. The fraction of sp³-hybridized carbons (Fsp3) is 0.273. The van der Waals surface area contributed by atoms with Crippen molar-refractivity contribution in [1.29, 1.82) is 0 Å². The molecule has 156 valence electrons. The lowest BCUT2D eigenvalue weighted by atomic mass is 10.0. The Hall–Kier alpha value is -3.55. The van der Waals surface area contributed by atoms with Gasteiger partial charge in [-0.2, -0.15) is 0 Å². The van der Waals surface area contributed by atoms with Gasteiger partial charge in [-0.3, -0.25) is 19.3 Å². The number of nitrogens with zero attached hydrogens (tertiary/aromatic N) is 1. The molecule has 0 N–H and O–H groups in total. The molecule has 0 aliphatic carbocycles. The van der Waals surface area contributed by atoms with E-state index in [1.54, 1.807) is 26.0 Å². The molecule has 1 heterocycles. The van der Waals surface area contributed by atoms with E-state index in [-0.39, 0.29) is 22.4 Å². The fourth-order valence-corrected chi connectivity index (χ4v) is 3.33. The van der Waals surface area contributed by atoms with Gasteiger partial charge >= 0.3 is 5.97 Å². The molecule has 2 aromatic rings. The van der Waals surface area contributed by atoms with Gasteiger partial charge in [0.1, 0.15) is 17.6 Å². The molecule has 0 fully saturated rings. The van der Waals surface area contributed by atoms with E-state index in [1.807, 2.05) is 0 Å². The molecule has 0 saturated carbocycles. The number of esters is 1. The Morgan fingerprint density at radius 1 is 1.03 bits per heavy atom. The maximum absolute atomic E-state index is 13.5. The molecule has 2 amide bonds. The topological polar surface area (TPSA) is 90.0 Å². The number of hydrogen-bond donors (Lipinski definition) is 0. The molecule has 1 atom stereocenters. The van der Waals surface area contributed by atoms with Crippen LogP contribution in [0.15, 0.2) is 42.5 Å². The predicted octanol–water partition coefficient (Wildman–Crippen LogP) is 2.88. The first-order valence-corrected chi connectivity index (χ1v) is 9.26. The van der Waals surface area contributed by atoms with Gasteiger partial charge in [0.15, 0.2) is 6.61 Å². The SMILES string of the molecule is COc1ccc(F)cc1C(=O)COC(=O)[C@@H](C(C)C)N1C(=O)c2ccccc2C1=O. The van der Waals surface area contributed by atoms with Gasteiger partial charge in [0.2, 0.25) is 5.78 Å². The Labute approximate surface area is 172 Å². The lowest BCUT2D eigenvalue weighted by Crippen LogP contribution is -2.49. The monoisotopic (exact) mass is 413 g/mol. The van der Waals surface area contributed by atoms with Crippen LogP contribution < -0.4 is 4.74 Å². The van der Waals surface area contributed by atoms with E-state index >= 15 is 0 Å². The third-order valence-electron chi connectivity index (χ3n) is 4.78. The summed E-state index contributed by atoms with van der Waals surface area (Å²) in [6, 6.07) is 8.48. The summed E-state index contributed by atoms with van der Waals surface area (Å²) in [7, 11) is 1.33. The molecule has 0 bridgehead atoms. The van der Waals surface area contributed by atoms with Gasteiger partial charge in [0.05, 0.1) is 23.8 Å². The van der Waals surface area contributed by atoms with E-state index < -0.39 is 48.0 Å². The van der Waals surface area contributed by atoms with Crippen LogP contribution in [0, 0.1) is 11.7 Å². The quantitative estimate of drug-likeness (QED) is 0.394. The smallest absolute Gasteiger partial charge is 0.330 e. The second-order valence-corrected chi connectivity index (χ2v) is 7.09. The van der Waals surface area contributed by atoms with Gasteiger partial charge in [-0.05, 0) is 36.2 Å². The number of imide groups is 1. The minimum atomic E-state index is -1.21. The normalized spacial score (nSPS) is 14.0. The van der Waals surface area contributed by atoms with Crippen molar-refractivity contribution in [1.82, 2.24) is 4.90 Å². The molecule has 30 heavy (non-hydrogen) atoms. The number of ketones is 1. The Balaban J connectivity index is 1.78. The molecular formula is C22H20FNO6. The van der Waals surface area contributed by atoms with Crippen LogP contribution in [0.5, 0.6) is 5.75 Å². The average Bonchev–Trinajstić information content (AvgIpc) is 2.97. The van der Waals surface area contributed by atoms with Gasteiger partial charge in [-0.15, -0.1) is 0 Å². The molecule has 1 aliphatic heterocycles. The van der Waals surface area contributed by atoms with Crippen LogP contribution in [0.25, 0.3) is 0 Å². The lowest BCUT2D eigenvalue weighted by Gasteiger charge is -2.27. The number of halogens is 1. The molecule has 0 spiro atoms. The van der Waals surface area contributed by atoms with Crippen molar-refractivity contribution in [3.8, 4) is 5.75 Å². The molecule has 0 radical (unpaired) electrons. The molecule has 1 aliphatic rings. The standard InChI is InChI=1S/C22H20FNO6/c1-12(2)19(24-20(26)14-6-4-5-7-15(14)21(24)27)22(28)30-11-17(25)16-10-13(23)8-9-18(16)29-3/h4-10,12,19H,11H2,1-3H3/t19-/m1/s1. The van der Waals surface area contributed by atoms with Crippen LogP contribution in [0.4, 0.5) is 4.39 Å². The maximum atomic E-state index is 13.5. The molecule has 7 nitrogen and oxygen atoms in total. The van der Waals surface area contributed by atoms with Crippen molar-refractivity contribution in [3.63, 3.8) is 0 Å². The first kappa shape index (κ1) is 21.2. The summed E-state index contributed by atoms with van der Waals surface area (Å²) in [5.41, 5.74) is 0.343. The summed E-state index contributed by atoms with van der Waals surface area (Å²) < 4.78 is 23.7. The number of rotatable bonds is 7. The minimum absolute atomic E-state index is 0.0767. The number of ether oxygens (including phenoxy) is 2. The van der Waals surface area contributed by atoms with E-state index in [0.29, 0.717) is 0 Å². The molecule has 3 rings (SSSR count). The number of carbonyl (C=O) groups is 4. The number of hydrogen-bond acceptors (Lipinski definition) is 6. The van der Waals surface area contributed by atoms with E-state index in [4.69, 9.17) is 9.47 Å². The first-order chi connectivity index (χ1) is 14.3. The van der Waals surface area contributed by atoms with Crippen molar-refractivity contribution in [3.05, 3.63) is 65.0 Å². The number of fused-ring (bicyclic) bond motifs is 1. The Morgan fingerprint density at radius 2 is 1.63 bits per heavy atom. The van der Waals surface area contributed by atoms with Gasteiger partial charge < -0.3 is 9.47 Å². The van der Waals surface area contributed by atoms with E-state index in [2.05, 4.69) is 0 Å². The van der Waals surface area contributed by atoms with Gasteiger partial charge in [0, 0.05) is 0 Å². The zero-order valence-electron chi connectivity index (χ0n) is 16.7. The third-order valence-corrected chi connectivity index (χ3v) is 4.78. The number of amides is 2. The van der Waals surface area contributed by atoms with Crippen molar-refractivity contribution < 1.29 is 33.0 Å². The van der Waals surface area contributed by atoms with Crippen molar-refractivity contribution in [2.24, 2.45) is 5.92 Å². The van der Waals surface area contributed by atoms with E-state index in [0.717, 1.165) is 17.0 Å². The summed E-state index contributed by atoms with van der Waals surface area (Å²) in [6.07, 6.45) is 0. The van der Waals surface area contributed by atoms with Crippen LogP contribution in [0.3, 0.4) is 0 Å². The summed E-state index contributed by atoms with van der Waals surface area (Å²) in [5, 5.41) is 0. The van der Waals surface area contributed by atoms with E-state index in [1.165, 1.54) is 25.3 Å². The van der Waals surface area contributed by atoms with Crippen molar-refractivity contribution >= 4 is 23.6 Å². The highest BCUT2D eigenvalue weighted by atomic mass is 19.1. The highest BCUT2D eigenvalue weighted by Crippen LogP contribution is 2.28. The van der Waals surface area contributed by atoms with Crippen LogP contribution in [-0.4, -0.2) is 48.2 Å². The molecular weight excluding hydrogens is 393 g/mol. The number of carbonyl (C=O) groups excluding carboxylic acids is 4. The van der Waals surface area contributed by atoms with Crippen LogP contribution in [-0.2, 0) is 9.53 Å². The maximum Gasteiger partial charge on any atom is 0.330 e. The highest BCUT2D eigenvalue weighted by molar-refractivity contribution is 6.22. The summed E-state index contributed by atoms with van der Waals surface area (Å²) in [5.74, 6) is -3.73. The van der Waals surface area contributed by atoms with Crippen LogP contribution in [0.2, 0.25) is 0 Å². The summed E-state index contributed by atoms with van der Waals surface area (Å²) >= 11 is 0. The van der Waals surface area contributed by atoms with Gasteiger partial charge in [-0.25, -0.2) is 9.18 Å². The number of benzene rings is 2. The van der Waals surface area contributed by atoms with Crippen molar-refractivity contribution in [2.45, 2.75) is 19.9 Å². The molecule has 8 heteroatoms.